The lowest BCUT2D eigenvalue weighted by Crippen LogP contribution is -2.03. The number of nitriles is 1. The molecule has 4 heteroatoms. The number of hydrogen-bond donors (Lipinski definition) is 1. The summed E-state index contributed by atoms with van der Waals surface area (Å²) in [7, 11) is 0. The van der Waals surface area contributed by atoms with E-state index in [0.717, 1.165) is 24.3 Å². The van der Waals surface area contributed by atoms with E-state index in [1.807, 2.05) is 24.3 Å². The minimum atomic E-state index is 0.419. The molecule has 0 spiro atoms. The molecule has 20 heavy (non-hydrogen) atoms. The third-order valence-corrected chi connectivity index (χ3v) is 2.78. The third kappa shape index (κ3) is 3.72. The lowest BCUT2D eigenvalue weighted by Gasteiger charge is -2.09. The molecule has 1 aromatic heterocycles. The van der Waals surface area contributed by atoms with Crippen molar-refractivity contribution in [2.24, 2.45) is 0 Å². The lowest BCUT2D eigenvalue weighted by molar-refractivity contribution is 0.305. The number of ether oxygens (including phenoxy) is 1. The van der Waals surface area contributed by atoms with Crippen LogP contribution in [0.4, 0.5) is 5.82 Å². The predicted molar refractivity (Wildman–Crippen MR) is 78.5 cm³/mol. The maximum atomic E-state index is 9.01. The minimum Gasteiger partial charge on any atom is -0.488 e. The second-order valence-electron chi connectivity index (χ2n) is 4.37. The van der Waals surface area contributed by atoms with Crippen LogP contribution in [0, 0.1) is 11.3 Å². The summed E-state index contributed by atoms with van der Waals surface area (Å²) in [4.78, 5) is 4.25. The quantitative estimate of drug-likeness (QED) is 0.872. The summed E-state index contributed by atoms with van der Waals surface area (Å²) in [5.74, 6) is 1.45. The van der Waals surface area contributed by atoms with Gasteiger partial charge in [0.2, 0.25) is 0 Å². The van der Waals surface area contributed by atoms with Crippen LogP contribution < -0.4 is 10.1 Å². The van der Waals surface area contributed by atoms with Crippen LogP contribution in [-0.2, 0) is 6.61 Å². The summed E-state index contributed by atoms with van der Waals surface area (Å²) in [6.07, 6.45) is 2.81. The number of aromatic nitrogens is 1. The van der Waals surface area contributed by atoms with Gasteiger partial charge in [-0.25, -0.2) is 4.98 Å². The Morgan fingerprint density at radius 1 is 1.30 bits per heavy atom. The molecule has 0 saturated carbocycles. The van der Waals surface area contributed by atoms with Crippen LogP contribution in [0.3, 0.4) is 0 Å². The Kier molecular flexibility index (Phi) is 4.96. The van der Waals surface area contributed by atoms with Crippen molar-refractivity contribution in [2.75, 3.05) is 11.9 Å². The van der Waals surface area contributed by atoms with Crippen LogP contribution >= 0.6 is 0 Å². The van der Waals surface area contributed by atoms with Crippen molar-refractivity contribution in [2.45, 2.75) is 20.0 Å². The van der Waals surface area contributed by atoms with Gasteiger partial charge in [-0.05, 0) is 36.2 Å². The van der Waals surface area contributed by atoms with E-state index in [4.69, 9.17) is 10.00 Å². The Morgan fingerprint density at radius 3 is 2.95 bits per heavy atom. The molecular weight excluding hydrogens is 250 g/mol. The average molecular weight is 267 g/mol. The van der Waals surface area contributed by atoms with Crippen LogP contribution in [0.2, 0.25) is 0 Å². The molecule has 1 aromatic carbocycles. The zero-order chi connectivity index (χ0) is 14.2. The number of para-hydroxylation sites is 1. The number of nitrogens with zero attached hydrogens (tertiary/aromatic N) is 2. The van der Waals surface area contributed by atoms with Crippen molar-refractivity contribution in [3.63, 3.8) is 0 Å². The highest BCUT2D eigenvalue weighted by Crippen LogP contribution is 2.18. The minimum absolute atomic E-state index is 0.419. The smallest absolute Gasteiger partial charge is 0.137 e. The summed E-state index contributed by atoms with van der Waals surface area (Å²) in [6, 6.07) is 13.2. The van der Waals surface area contributed by atoms with Gasteiger partial charge in [0, 0.05) is 12.7 Å². The molecule has 0 unspecified atom stereocenters. The van der Waals surface area contributed by atoms with E-state index in [9.17, 15) is 0 Å². The van der Waals surface area contributed by atoms with Crippen molar-refractivity contribution >= 4 is 5.82 Å². The molecule has 1 N–H and O–H groups in total. The maximum absolute atomic E-state index is 9.01. The van der Waals surface area contributed by atoms with Crippen LogP contribution in [0.25, 0.3) is 0 Å². The molecular formula is C16H17N3O. The third-order valence-electron chi connectivity index (χ3n) is 2.78. The first-order chi connectivity index (χ1) is 9.83. The van der Waals surface area contributed by atoms with Gasteiger partial charge in [0.1, 0.15) is 24.2 Å². The van der Waals surface area contributed by atoms with E-state index in [1.165, 1.54) is 0 Å². The van der Waals surface area contributed by atoms with Gasteiger partial charge in [0.15, 0.2) is 0 Å². The molecule has 0 radical (unpaired) electrons. The Balaban J connectivity index is 2.02. The number of anilines is 1. The number of hydrogen-bond acceptors (Lipinski definition) is 4. The highest BCUT2D eigenvalue weighted by atomic mass is 16.5. The molecule has 0 bridgehead atoms. The van der Waals surface area contributed by atoms with Crippen molar-refractivity contribution < 1.29 is 4.74 Å². The standard InChI is InChI=1S/C16H17N3O/c1-2-8-18-16-10-13(7-9-19-16)12-20-15-6-4-3-5-14(15)11-17/h3-7,9-10H,2,8,12H2,1H3,(H,18,19). The Bertz CT molecular complexity index is 605. The predicted octanol–water partition coefficient (Wildman–Crippen LogP) is 3.35. The maximum Gasteiger partial charge on any atom is 0.137 e. The summed E-state index contributed by atoms with van der Waals surface area (Å²) >= 11 is 0. The average Bonchev–Trinajstić information content (AvgIpc) is 2.51. The Hall–Kier alpha value is -2.54. The molecule has 0 aliphatic heterocycles. The Morgan fingerprint density at radius 2 is 2.15 bits per heavy atom. The topological polar surface area (TPSA) is 57.9 Å². The molecule has 1 heterocycles. The van der Waals surface area contributed by atoms with Crippen molar-refractivity contribution in [3.8, 4) is 11.8 Å². The van der Waals surface area contributed by atoms with Gasteiger partial charge < -0.3 is 10.1 Å². The fourth-order valence-electron chi connectivity index (χ4n) is 1.76. The van der Waals surface area contributed by atoms with Gasteiger partial charge >= 0.3 is 0 Å². The van der Waals surface area contributed by atoms with Crippen molar-refractivity contribution in [1.82, 2.24) is 4.98 Å². The van der Waals surface area contributed by atoms with Gasteiger partial charge in [-0.1, -0.05) is 19.1 Å². The molecule has 0 aliphatic carbocycles. The summed E-state index contributed by atoms with van der Waals surface area (Å²) < 4.78 is 5.70. The van der Waals surface area contributed by atoms with Crippen LogP contribution in [0.15, 0.2) is 42.6 Å². The second-order valence-corrected chi connectivity index (χ2v) is 4.37. The SMILES string of the molecule is CCCNc1cc(COc2ccccc2C#N)ccn1. The fourth-order valence-corrected chi connectivity index (χ4v) is 1.76. The molecule has 0 fully saturated rings. The molecule has 2 rings (SSSR count). The lowest BCUT2D eigenvalue weighted by atomic mass is 10.2. The summed E-state index contributed by atoms with van der Waals surface area (Å²) in [6.45, 7) is 3.43. The van der Waals surface area contributed by atoms with E-state index >= 15 is 0 Å². The molecule has 0 aliphatic rings. The summed E-state index contributed by atoms with van der Waals surface area (Å²) in [5.41, 5.74) is 1.57. The second kappa shape index (κ2) is 7.15. The summed E-state index contributed by atoms with van der Waals surface area (Å²) in [5, 5.41) is 12.2. The zero-order valence-corrected chi connectivity index (χ0v) is 11.5. The van der Waals surface area contributed by atoms with Crippen LogP contribution in [0.5, 0.6) is 5.75 Å². The first-order valence-electron chi connectivity index (χ1n) is 6.64. The normalized spacial score (nSPS) is 9.80. The monoisotopic (exact) mass is 267 g/mol. The molecule has 0 amide bonds. The van der Waals surface area contributed by atoms with E-state index in [1.54, 1.807) is 18.3 Å². The zero-order valence-electron chi connectivity index (χ0n) is 11.5. The van der Waals surface area contributed by atoms with Gasteiger partial charge in [0.25, 0.3) is 0 Å². The van der Waals surface area contributed by atoms with Gasteiger partial charge in [-0.15, -0.1) is 0 Å². The van der Waals surface area contributed by atoms with Crippen LogP contribution in [0.1, 0.15) is 24.5 Å². The largest absolute Gasteiger partial charge is 0.488 e. The molecule has 0 saturated heterocycles. The molecule has 0 atom stereocenters. The molecule has 102 valence electrons. The Labute approximate surface area is 119 Å². The highest BCUT2D eigenvalue weighted by molar-refractivity contribution is 5.43. The van der Waals surface area contributed by atoms with Gasteiger partial charge in [-0.3, -0.25) is 0 Å². The van der Waals surface area contributed by atoms with E-state index in [0.29, 0.717) is 17.9 Å². The number of nitrogens with one attached hydrogen (secondary N) is 1. The van der Waals surface area contributed by atoms with E-state index in [2.05, 4.69) is 23.3 Å². The first-order valence-corrected chi connectivity index (χ1v) is 6.64. The van der Waals surface area contributed by atoms with E-state index in [-0.39, 0.29) is 0 Å². The van der Waals surface area contributed by atoms with Gasteiger partial charge in [0.05, 0.1) is 5.56 Å². The highest BCUT2D eigenvalue weighted by Gasteiger charge is 2.03. The molecule has 2 aromatic rings. The van der Waals surface area contributed by atoms with Crippen molar-refractivity contribution in [3.05, 3.63) is 53.7 Å². The fraction of sp³-hybridized carbons (Fsp3) is 0.250. The number of benzene rings is 1. The first kappa shape index (κ1) is 13.9. The van der Waals surface area contributed by atoms with Crippen molar-refractivity contribution in [1.29, 1.82) is 5.26 Å². The van der Waals surface area contributed by atoms with E-state index < -0.39 is 0 Å². The van der Waals surface area contributed by atoms with Crippen LogP contribution in [-0.4, -0.2) is 11.5 Å². The number of pyridine rings is 1. The van der Waals surface area contributed by atoms with Gasteiger partial charge in [-0.2, -0.15) is 5.26 Å². The molecule has 4 nitrogen and oxygen atoms in total. The number of rotatable bonds is 6.